The summed E-state index contributed by atoms with van der Waals surface area (Å²) in [7, 11) is 1.53. The summed E-state index contributed by atoms with van der Waals surface area (Å²) in [6, 6.07) is 16.7. The van der Waals surface area contributed by atoms with Crippen LogP contribution in [0.15, 0.2) is 48.0 Å². The van der Waals surface area contributed by atoms with Gasteiger partial charge in [0.1, 0.15) is 18.2 Å². The summed E-state index contributed by atoms with van der Waals surface area (Å²) >= 11 is 0. The third kappa shape index (κ3) is 5.68. The van der Waals surface area contributed by atoms with Crippen molar-refractivity contribution in [2.75, 3.05) is 7.11 Å². The molecule has 0 spiro atoms. The van der Waals surface area contributed by atoms with Crippen LogP contribution in [0.4, 0.5) is 0 Å². The molecule has 0 aliphatic heterocycles. The fourth-order valence-electron chi connectivity index (χ4n) is 3.90. The van der Waals surface area contributed by atoms with Crippen LogP contribution in [-0.2, 0) is 11.4 Å². The summed E-state index contributed by atoms with van der Waals surface area (Å²) in [6.07, 6.45) is 5.87. The maximum Gasteiger partial charge on any atom is 0.262 e. The van der Waals surface area contributed by atoms with Crippen molar-refractivity contribution >= 4 is 12.0 Å². The van der Waals surface area contributed by atoms with Gasteiger partial charge in [-0.3, -0.25) is 4.79 Å². The van der Waals surface area contributed by atoms with Gasteiger partial charge in [-0.15, -0.1) is 0 Å². The van der Waals surface area contributed by atoms with Crippen LogP contribution in [0.1, 0.15) is 49.3 Å². The number of methoxy groups -OCH3 is 1. The molecule has 2 aromatic rings. The lowest BCUT2D eigenvalue weighted by atomic mass is 9.86. The van der Waals surface area contributed by atoms with Crippen molar-refractivity contribution in [1.29, 1.82) is 10.5 Å². The molecule has 0 bridgehead atoms. The van der Waals surface area contributed by atoms with Gasteiger partial charge in [0.15, 0.2) is 11.5 Å². The molecule has 3 rings (SSSR count). The first-order chi connectivity index (χ1) is 15.5. The topological polar surface area (TPSA) is 95.1 Å². The standard InChI is InChI=1S/C26H27N3O3/c1-18-7-3-6-10-23(18)29-26(30)22(16-28)13-19-11-12-24(25(14-19)31-2)32-17-21-9-5-4-8-20(21)15-27/h4-5,8-9,11-14,18,23H,3,6-7,10,17H2,1-2H3,(H,29,30)/b22-13+/t18-,23-/m0/s1. The highest BCUT2D eigenvalue weighted by Gasteiger charge is 2.24. The molecule has 6 heteroatoms. The number of carbonyl (C=O) groups excluding carboxylic acids is 1. The minimum atomic E-state index is -0.348. The molecular formula is C26H27N3O3. The molecule has 0 radical (unpaired) electrons. The zero-order valence-corrected chi connectivity index (χ0v) is 18.4. The first-order valence-corrected chi connectivity index (χ1v) is 10.8. The zero-order chi connectivity index (χ0) is 22.9. The highest BCUT2D eigenvalue weighted by molar-refractivity contribution is 6.01. The van der Waals surface area contributed by atoms with E-state index in [9.17, 15) is 15.3 Å². The van der Waals surface area contributed by atoms with E-state index in [1.165, 1.54) is 13.5 Å². The Balaban J connectivity index is 1.73. The van der Waals surface area contributed by atoms with Crippen molar-refractivity contribution in [2.45, 2.75) is 45.3 Å². The molecule has 0 saturated heterocycles. The molecule has 0 unspecified atom stereocenters. The van der Waals surface area contributed by atoms with E-state index in [4.69, 9.17) is 9.47 Å². The van der Waals surface area contributed by atoms with Crippen molar-refractivity contribution in [3.63, 3.8) is 0 Å². The van der Waals surface area contributed by atoms with E-state index in [-0.39, 0.29) is 24.1 Å². The lowest BCUT2D eigenvalue weighted by Crippen LogP contribution is -2.41. The number of benzene rings is 2. The van der Waals surface area contributed by atoms with Crippen LogP contribution >= 0.6 is 0 Å². The third-order valence-corrected chi connectivity index (χ3v) is 5.81. The number of ether oxygens (including phenoxy) is 2. The van der Waals surface area contributed by atoms with E-state index >= 15 is 0 Å². The fraction of sp³-hybridized carbons (Fsp3) is 0.346. The SMILES string of the molecule is COc1cc(/C=C(\C#N)C(=O)N[C@H]2CCCC[C@@H]2C)ccc1OCc1ccccc1C#N. The number of hydrogen-bond donors (Lipinski definition) is 1. The van der Waals surface area contributed by atoms with Gasteiger partial charge in [-0.1, -0.05) is 44.0 Å². The number of rotatable bonds is 7. The van der Waals surface area contributed by atoms with Gasteiger partial charge in [0, 0.05) is 11.6 Å². The highest BCUT2D eigenvalue weighted by Crippen LogP contribution is 2.30. The number of amides is 1. The van der Waals surface area contributed by atoms with Crippen molar-refractivity contribution in [2.24, 2.45) is 5.92 Å². The maximum absolute atomic E-state index is 12.6. The van der Waals surface area contributed by atoms with Gasteiger partial charge in [-0.25, -0.2) is 0 Å². The average molecular weight is 430 g/mol. The van der Waals surface area contributed by atoms with E-state index in [0.717, 1.165) is 24.8 Å². The third-order valence-electron chi connectivity index (χ3n) is 5.81. The minimum Gasteiger partial charge on any atom is -0.493 e. The maximum atomic E-state index is 12.6. The van der Waals surface area contributed by atoms with Crippen molar-refractivity contribution < 1.29 is 14.3 Å². The predicted octanol–water partition coefficient (Wildman–Crippen LogP) is 4.75. The van der Waals surface area contributed by atoms with Crippen LogP contribution < -0.4 is 14.8 Å². The van der Waals surface area contributed by atoms with Gasteiger partial charge >= 0.3 is 0 Å². The lowest BCUT2D eigenvalue weighted by Gasteiger charge is -2.29. The Labute approximate surface area is 189 Å². The average Bonchev–Trinajstić information content (AvgIpc) is 2.82. The Hall–Kier alpha value is -3.77. The van der Waals surface area contributed by atoms with E-state index in [1.807, 2.05) is 24.3 Å². The minimum absolute atomic E-state index is 0.0569. The van der Waals surface area contributed by atoms with Crippen molar-refractivity contribution in [1.82, 2.24) is 5.32 Å². The second kappa shape index (κ2) is 11.0. The number of carbonyl (C=O) groups is 1. The Kier molecular flexibility index (Phi) is 7.89. The van der Waals surface area contributed by atoms with E-state index in [2.05, 4.69) is 18.3 Å². The van der Waals surface area contributed by atoms with Gasteiger partial charge in [-0.2, -0.15) is 10.5 Å². The summed E-state index contributed by atoms with van der Waals surface area (Å²) in [4.78, 5) is 12.6. The van der Waals surface area contributed by atoms with Crippen LogP contribution in [0, 0.1) is 28.6 Å². The second-order valence-electron chi connectivity index (χ2n) is 7.98. The number of hydrogen-bond acceptors (Lipinski definition) is 5. The molecule has 1 saturated carbocycles. The Morgan fingerprint density at radius 1 is 1.16 bits per heavy atom. The molecule has 2 aromatic carbocycles. The van der Waals surface area contributed by atoms with Crippen molar-refractivity contribution in [3.8, 4) is 23.6 Å². The summed E-state index contributed by atoms with van der Waals surface area (Å²) in [6.45, 7) is 2.36. The first kappa shape index (κ1) is 22.9. The summed E-state index contributed by atoms with van der Waals surface area (Å²) in [5.41, 5.74) is 2.06. The molecule has 0 heterocycles. The second-order valence-corrected chi connectivity index (χ2v) is 7.98. The molecule has 6 nitrogen and oxygen atoms in total. The van der Waals surface area contributed by atoms with E-state index < -0.39 is 0 Å². The largest absolute Gasteiger partial charge is 0.493 e. The smallest absolute Gasteiger partial charge is 0.262 e. The van der Waals surface area contributed by atoms with Gasteiger partial charge in [0.25, 0.3) is 5.91 Å². The van der Waals surface area contributed by atoms with Crippen molar-refractivity contribution in [3.05, 3.63) is 64.7 Å². The molecule has 32 heavy (non-hydrogen) atoms. The van der Waals surface area contributed by atoms with Gasteiger partial charge in [0.05, 0.1) is 18.7 Å². The quantitative estimate of drug-likeness (QED) is 0.506. The first-order valence-electron chi connectivity index (χ1n) is 10.8. The van der Waals surface area contributed by atoms with Crippen LogP contribution in [-0.4, -0.2) is 19.1 Å². The summed E-state index contributed by atoms with van der Waals surface area (Å²) in [5.74, 6) is 1.05. The Morgan fingerprint density at radius 3 is 2.66 bits per heavy atom. The molecule has 1 aliphatic carbocycles. The van der Waals surface area contributed by atoms with Crippen LogP contribution in [0.5, 0.6) is 11.5 Å². The molecule has 164 valence electrons. The zero-order valence-electron chi connectivity index (χ0n) is 18.4. The number of nitriles is 2. The van der Waals surface area contributed by atoms with Gasteiger partial charge < -0.3 is 14.8 Å². The monoisotopic (exact) mass is 429 g/mol. The summed E-state index contributed by atoms with van der Waals surface area (Å²) < 4.78 is 11.3. The number of nitrogens with one attached hydrogen (secondary N) is 1. The lowest BCUT2D eigenvalue weighted by molar-refractivity contribution is -0.118. The molecule has 0 aromatic heterocycles. The van der Waals surface area contributed by atoms with E-state index in [1.54, 1.807) is 30.3 Å². The number of nitrogens with zero attached hydrogens (tertiary/aromatic N) is 2. The fourth-order valence-corrected chi connectivity index (χ4v) is 3.90. The van der Waals surface area contributed by atoms with Crippen LogP contribution in [0.25, 0.3) is 6.08 Å². The molecule has 2 atom stereocenters. The Bertz CT molecular complexity index is 1080. The molecule has 1 N–H and O–H groups in total. The van der Waals surface area contributed by atoms with Gasteiger partial charge in [-0.05, 0) is 48.6 Å². The summed E-state index contributed by atoms with van der Waals surface area (Å²) in [5, 5.41) is 21.8. The predicted molar refractivity (Wildman–Crippen MR) is 122 cm³/mol. The molecule has 1 aliphatic rings. The molecular weight excluding hydrogens is 402 g/mol. The van der Waals surface area contributed by atoms with E-state index in [0.29, 0.717) is 28.5 Å². The van der Waals surface area contributed by atoms with Gasteiger partial charge in [0.2, 0.25) is 0 Å². The van der Waals surface area contributed by atoms with Crippen LogP contribution in [0.2, 0.25) is 0 Å². The highest BCUT2D eigenvalue weighted by atomic mass is 16.5. The molecule has 1 amide bonds. The van der Waals surface area contributed by atoms with Crippen LogP contribution in [0.3, 0.4) is 0 Å². The molecule has 1 fully saturated rings. The normalized spacial score (nSPS) is 18.2. The Morgan fingerprint density at radius 2 is 1.94 bits per heavy atom.